The van der Waals surface area contributed by atoms with Crippen LogP contribution in [-0.2, 0) is 0 Å². The highest BCUT2D eigenvalue weighted by Crippen LogP contribution is 2.31. The molecule has 0 aliphatic carbocycles. The highest BCUT2D eigenvalue weighted by Gasteiger charge is 2.04. The third-order valence-corrected chi connectivity index (χ3v) is 3.46. The van der Waals surface area contributed by atoms with Gasteiger partial charge in [-0.2, -0.15) is 0 Å². The maximum absolute atomic E-state index is 2.27. The predicted octanol–water partition coefficient (Wildman–Crippen LogP) is 4.77. The van der Waals surface area contributed by atoms with E-state index >= 15 is 0 Å². The summed E-state index contributed by atoms with van der Waals surface area (Å²) in [6, 6.07) is 17.3. The quantitative estimate of drug-likeness (QED) is 0.682. The third kappa shape index (κ3) is 2.48. The van der Waals surface area contributed by atoms with Gasteiger partial charge in [-0.3, -0.25) is 0 Å². The van der Waals surface area contributed by atoms with Gasteiger partial charge in [-0.25, -0.2) is 0 Å². The Balaban J connectivity index is 2.48. The fourth-order valence-electron chi connectivity index (χ4n) is 1.76. The van der Waals surface area contributed by atoms with E-state index in [0.717, 1.165) is 5.75 Å². The van der Waals surface area contributed by atoms with E-state index in [9.17, 15) is 0 Å². The Morgan fingerprint density at radius 1 is 1.00 bits per heavy atom. The molecule has 0 bridgehead atoms. The largest absolute Gasteiger partial charge is 0.126 e. The normalized spacial score (nSPS) is 10.4. The zero-order valence-corrected chi connectivity index (χ0v) is 10.6. The Kier molecular flexibility index (Phi) is 3.68. The van der Waals surface area contributed by atoms with Crippen LogP contribution < -0.4 is 0 Å². The number of rotatable bonds is 3. The highest BCUT2D eigenvalue weighted by atomic mass is 32.2. The van der Waals surface area contributed by atoms with Gasteiger partial charge in [0, 0.05) is 4.90 Å². The summed E-state index contributed by atoms with van der Waals surface area (Å²) in [6.07, 6.45) is 0. The van der Waals surface area contributed by atoms with Gasteiger partial charge in [0.25, 0.3) is 0 Å². The lowest BCUT2D eigenvalue weighted by Crippen LogP contribution is -1.84. The summed E-state index contributed by atoms with van der Waals surface area (Å²) in [5.41, 5.74) is 3.98. The minimum atomic E-state index is 1.11. The molecule has 0 nitrogen and oxygen atoms in total. The highest BCUT2D eigenvalue weighted by molar-refractivity contribution is 7.99. The van der Waals surface area contributed by atoms with Crippen molar-refractivity contribution in [3.05, 3.63) is 54.1 Å². The Morgan fingerprint density at radius 3 is 2.44 bits per heavy atom. The molecular weight excluding hydrogens is 212 g/mol. The summed E-state index contributed by atoms with van der Waals surface area (Å²) in [6.45, 7) is 4.34. The van der Waals surface area contributed by atoms with Crippen molar-refractivity contribution < 1.29 is 0 Å². The van der Waals surface area contributed by atoms with E-state index in [-0.39, 0.29) is 0 Å². The molecule has 0 N–H and O–H groups in total. The van der Waals surface area contributed by atoms with Crippen molar-refractivity contribution in [3.63, 3.8) is 0 Å². The first-order valence-electron chi connectivity index (χ1n) is 5.60. The smallest absolute Gasteiger partial charge is 0.0153 e. The third-order valence-electron chi connectivity index (χ3n) is 2.52. The van der Waals surface area contributed by atoms with Gasteiger partial charge >= 0.3 is 0 Å². The minimum Gasteiger partial charge on any atom is -0.126 e. The molecule has 0 saturated heterocycles. The molecule has 0 radical (unpaired) electrons. The first-order valence-corrected chi connectivity index (χ1v) is 6.58. The Labute approximate surface area is 102 Å². The first-order chi connectivity index (χ1) is 7.81. The van der Waals surface area contributed by atoms with Crippen molar-refractivity contribution in [1.82, 2.24) is 0 Å². The molecule has 0 fully saturated rings. The van der Waals surface area contributed by atoms with Crippen LogP contribution in [0.3, 0.4) is 0 Å². The van der Waals surface area contributed by atoms with Crippen LogP contribution in [0.15, 0.2) is 53.4 Å². The molecule has 0 spiro atoms. The first kappa shape index (κ1) is 11.3. The van der Waals surface area contributed by atoms with Crippen molar-refractivity contribution >= 4 is 11.8 Å². The number of hydrogen-bond acceptors (Lipinski definition) is 1. The lowest BCUT2D eigenvalue weighted by Gasteiger charge is -2.09. The molecule has 0 heterocycles. The zero-order valence-electron chi connectivity index (χ0n) is 9.73. The van der Waals surface area contributed by atoms with Crippen molar-refractivity contribution in [1.29, 1.82) is 0 Å². The summed E-state index contributed by atoms with van der Waals surface area (Å²) in [4.78, 5) is 1.38. The van der Waals surface area contributed by atoms with E-state index in [2.05, 4.69) is 62.4 Å². The molecular formula is C15H16S. The van der Waals surface area contributed by atoms with Gasteiger partial charge in [0.1, 0.15) is 0 Å². The van der Waals surface area contributed by atoms with Crippen LogP contribution in [0.1, 0.15) is 12.5 Å². The monoisotopic (exact) mass is 228 g/mol. The lowest BCUT2D eigenvalue weighted by atomic mass is 10.0. The average Bonchev–Trinajstić information content (AvgIpc) is 2.31. The molecule has 1 heteroatoms. The topological polar surface area (TPSA) is 0 Å². The van der Waals surface area contributed by atoms with Gasteiger partial charge in [-0.15, -0.1) is 11.8 Å². The molecule has 2 aromatic carbocycles. The molecule has 0 saturated carbocycles. The fourth-order valence-corrected chi connectivity index (χ4v) is 2.68. The molecule has 0 aliphatic heterocycles. The predicted molar refractivity (Wildman–Crippen MR) is 73.0 cm³/mol. The van der Waals surface area contributed by atoms with Gasteiger partial charge in [-0.1, -0.05) is 49.4 Å². The second-order valence-electron chi connectivity index (χ2n) is 3.80. The SMILES string of the molecule is CCSc1cc(C)ccc1-c1ccccc1. The summed E-state index contributed by atoms with van der Waals surface area (Å²) >= 11 is 1.91. The molecule has 2 rings (SSSR count). The Morgan fingerprint density at radius 2 is 1.75 bits per heavy atom. The van der Waals surface area contributed by atoms with Crippen LogP contribution in [0.2, 0.25) is 0 Å². The Bertz CT molecular complexity index is 460. The second kappa shape index (κ2) is 5.22. The van der Waals surface area contributed by atoms with Crippen LogP contribution in [0.5, 0.6) is 0 Å². The van der Waals surface area contributed by atoms with Gasteiger partial charge in [0.2, 0.25) is 0 Å². The summed E-state index contributed by atoms with van der Waals surface area (Å²) in [5.74, 6) is 1.11. The molecule has 0 unspecified atom stereocenters. The maximum Gasteiger partial charge on any atom is 0.0153 e. The minimum absolute atomic E-state index is 1.11. The molecule has 16 heavy (non-hydrogen) atoms. The van der Waals surface area contributed by atoms with E-state index in [0.29, 0.717) is 0 Å². The summed E-state index contributed by atoms with van der Waals surface area (Å²) in [7, 11) is 0. The van der Waals surface area contributed by atoms with Gasteiger partial charge < -0.3 is 0 Å². The maximum atomic E-state index is 2.27. The van der Waals surface area contributed by atoms with E-state index in [1.165, 1.54) is 21.6 Å². The van der Waals surface area contributed by atoms with Gasteiger partial charge in [0.05, 0.1) is 0 Å². The molecule has 0 aliphatic rings. The van der Waals surface area contributed by atoms with Crippen molar-refractivity contribution in [2.45, 2.75) is 18.7 Å². The molecule has 0 amide bonds. The van der Waals surface area contributed by atoms with Crippen LogP contribution >= 0.6 is 11.8 Å². The van der Waals surface area contributed by atoms with E-state index in [4.69, 9.17) is 0 Å². The summed E-state index contributed by atoms with van der Waals surface area (Å²) < 4.78 is 0. The number of thioether (sulfide) groups is 1. The summed E-state index contributed by atoms with van der Waals surface area (Å²) in [5, 5.41) is 0. The average molecular weight is 228 g/mol. The van der Waals surface area contributed by atoms with Crippen LogP contribution in [0.4, 0.5) is 0 Å². The number of hydrogen-bond donors (Lipinski definition) is 0. The van der Waals surface area contributed by atoms with Gasteiger partial charge in [0.15, 0.2) is 0 Å². The van der Waals surface area contributed by atoms with Crippen LogP contribution in [-0.4, -0.2) is 5.75 Å². The molecule has 0 aromatic heterocycles. The molecule has 2 aromatic rings. The number of benzene rings is 2. The van der Waals surface area contributed by atoms with Crippen LogP contribution in [0, 0.1) is 6.92 Å². The molecule has 0 atom stereocenters. The Hall–Kier alpha value is -1.21. The van der Waals surface area contributed by atoms with Crippen molar-refractivity contribution in [3.8, 4) is 11.1 Å². The van der Waals surface area contributed by atoms with Crippen LogP contribution in [0.25, 0.3) is 11.1 Å². The van der Waals surface area contributed by atoms with Gasteiger partial charge in [-0.05, 0) is 35.4 Å². The van der Waals surface area contributed by atoms with Crippen molar-refractivity contribution in [2.75, 3.05) is 5.75 Å². The van der Waals surface area contributed by atoms with Crippen molar-refractivity contribution in [2.24, 2.45) is 0 Å². The van der Waals surface area contributed by atoms with E-state index < -0.39 is 0 Å². The lowest BCUT2D eigenvalue weighted by molar-refractivity contribution is 1.35. The molecule has 82 valence electrons. The standard InChI is InChI=1S/C15H16S/c1-3-16-15-11-12(2)9-10-14(15)13-7-5-4-6-8-13/h4-11H,3H2,1-2H3. The number of aryl methyl sites for hydroxylation is 1. The van der Waals surface area contributed by atoms with E-state index in [1.54, 1.807) is 0 Å². The fraction of sp³-hybridized carbons (Fsp3) is 0.200. The second-order valence-corrected chi connectivity index (χ2v) is 5.10. The zero-order chi connectivity index (χ0) is 11.4. The van der Waals surface area contributed by atoms with E-state index in [1.807, 2.05) is 11.8 Å².